The fraction of sp³-hybridized carbons (Fsp3) is 0.429. The van der Waals surface area contributed by atoms with Crippen LogP contribution in [0, 0.1) is 0 Å². The maximum absolute atomic E-state index is 12.0. The highest BCUT2D eigenvalue weighted by molar-refractivity contribution is 9.10. The van der Waals surface area contributed by atoms with Crippen LogP contribution in [0.25, 0.3) is 0 Å². The van der Waals surface area contributed by atoms with Gasteiger partial charge in [0.25, 0.3) is 11.7 Å². The highest BCUT2D eigenvalue weighted by atomic mass is 79.9. The topological polar surface area (TPSA) is 46.2 Å². The Kier molecular flexibility index (Phi) is 4.53. The molecule has 0 heterocycles. The zero-order valence-corrected chi connectivity index (χ0v) is 11.7. The summed E-state index contributed by atoms with van der Waals surface area (Å²) in [5.74, 6) is -0.957. The van der Waals surface area contributed by atoms with Crippen LogP contribution in [0.3, 0.4) is 0 Å². The van der Waals surface area contributed by atoms with E-state index in [0.717, 1.165) is 25.7 Å². The van der Waals surface area contributed by atoms with Crippen LogP contribution in [0.15, 0.2) is 28.7 Å². The van der Waals surface area contributed by atoms with Crippen LogP contribution in [0.2, 0.25) is 0 Å². The van der Waals surface area contributed by atoms with Gasteiger partial charge in [0.1, 0.15) is 0 Å². The smallest absolute Gasteiger partial charge is 0.292 e. The number of Topliss-reactive ketones (excluding diaryl/α,β-unsaturated/α-hetero) is 1. The highest BCUT2D eigenvalue weighted by Gasteiger charge is 2.22. The minimum absolute atomic E-state index is 0.165. The Bertz CT molecular complexity index is 453. The second-order valence-electron chi connectivity index (χ2n) is 4.62. The first-order valence-electron chi connectivity index (χ1n) is 6.28. The van der Waals surface area contributed by atoms with Crippen LogP contribution in [0.5, 0.6) is 0 Å². The van der Waals surface area contributed by atoms with Crippen molar-refractivity contribution in [2.45, 2.75) is 38.1 Å². The van der Waals surface area contributed by atoms with Crippen LogP contribution in [-0.4, -0.2) is 17.7 Å². The van der Waals surface area contributed by atoms with Gasteiger partial charge in [0.2, 0.25) is 0 Å². The molecule has 1 aromatic rings. The molecular formula is C14H16BrNO2. The average molecular weight is 310 g/mol. The van der Waals surface area contributed by atoms with Crippen LogP contribution < -0.4 is 5.32 Å². The molecule has 18 heavy (non-hydrogen) atoms. The van der Waals surface area contributed by atoms with E-state index in [2.05, 4.69) is 21.2 Å². The molecule has 0 radical (unpaired) electrons. The summed E-state index contributed by atoms with van der Waals surface area (Å²) in [6, 6.07) is 7.16. The van der Waals surface area contributed by atoms with Gasteiger partial charge in [-0.1, -0.05) is 47.3 Å². The molecule has 1 amide bonds. The number of ketones is 1. The maximum Gasteiger partial charge on any atom is 0.292 e. The maximum atomic E-state index is 12.0. The molecule has 96 valence electrons. The van der Waals surface area contributed by atoms with Crippen molar-refractivity contribution in [2.24, 2.45) is 0 Å². The summed E-state index contributed by atoms with van der Waals surface area (Å²) in [6.45, 7) is 0. The number of nitrogens with one attached hydrogen (secondary N) is 1. The number of amides is 1. The lowest BCUT2D eigenvalue weighted by atomic mass is 9.95. The van der Waals surface area contributed by atoms with Crippen molar-refractivity contribution < 1.29 is 9.59 Å². The monoisotopic (exact) mass is 309 g/mol. The molecule has 0 aromatic heterocycles. The van der Waals surface area contributed by atoms with Crippen molar-refractivity contribution in [1.29, 1.82) is 0 Å². The van der Waals surface area contributed by atoms with Gasteiger partial charge in [-0.05, 0) is 25.0 Å². The average Bonchev–Trinajstić information content (AvgIpc) is 2.39. The summed E-state index contributed by atoms with van der Waals surface area (Å²) in [5.41, 5.74) is 0.422. The van der Waals surface area contributed by atoms with Gasteiger partial charge in [-0.3, -0.25) is 9.59 Å². The zero-order chi connectivity index (χ0) is 13.0. The molecule has 0 bridgehead atoms. The molecule has 0 saturated heterocycles. The Hall–Kier alpha value is -1.16. The zero-order valence-electron chi connectivity index (χ0n) is 10.1. The molecule has 1 aromatic carbocycles. The Balaban J connectivity index is 2.00. The van der Waals surface area contributed by atoms with Crippen LogP contribution in [0.4, 0.5) is 0 Å². The third-order valence-electron chi connectivity index (χ3n) is 3.27. The fourth-order valence-electron chi connectivity index (χ4n) is 2.27. The molecule has 1 aliphatic carbocycles. The number of hydrogen-bond donors (Lipinski definition) is 1. The van der Waals surface area contributed by atoms with Crippen molar-refractivity contribution in [3.8, 4) is 0 Å². The summed E-state index contributed by atoms with van der Waals surface area (Å²) in [5, 5.41) is 2.84. The van der Waals surface area contributed by atoms with E-state index in [1.165, 1.54) is 6.42 Å². The summed E-state index contributed by atoms with van der Waals surface area (Å²) in [6.07, 6.45) is 5.46. The molecule has 0 unspecified atom stereocenters. The third kappa shape index (κ3) is 3.19. The Morgan fingerprint density at radius 2 is 1.78 bits per heavy atom. The highest BCUT2D eigenvalue weighted by Crippen LogP contribution is 2.19. The quantitative estimate of drug-likeness (QED) is 0.689. The number of carbonyl (C=O) groups excluding carboxylic acids is 2. The van der Waals surface area contributed by atoms with E-state index in [1.807, 2.05) is 6.07 Å². The predicted octanol–water partition coefficient (Wildman–Crippen LogP) is 3.08. The van der Waals surface area contributed by atoms with Crippen molar-refractivity contribution in [1.82, 2.24) is 5.32 Å². The molecule has 1 aliphatic rings. The molecule has 0 atom stereocenters. The number of benzene rings is 1. The first-order valence-corrected chi connectivity index (χ1v) is 7.07. The Labute approximate surface area is 115 Å². The second kappa shape index (κ2) is 6.14. The van der Waals surface area contributed by atoms with Crippen molar-refractivity contribution in [3.63, 3.8) is 0 Å². The lowest BCUT2D eigenvalue weighted by molar-refractivity contribution is -0.117. The minimum Gasteiger partial charge on any atom is -0.346 e. The Morgan fingerprint density at radius 1 is 1.11 bits per heavy atom. The van der Waals surface area contributed by atoms with E-state index in [1.54, 1.807) is 18.2 Å². The van der Waals surface area contributed by atoms with Crippen molar-refractivity contribution >= 4 is 27.6 Å². The number of rotatable bonds is 3. The molecule has 1 N–H and O–H groups in total. The summed E-state index contributed by atoms with van der Waals surface area (Å²) in [7, 11) is 0. The van der Waals surface area contributed by atoms with Crippen molar-refractivity contribution in [3.05, 3.63) is 34.3 Å². The van der Waals surface area contributed by atoms with Gasteiger partial charge in [-0.25, -0.2) is 0 Å². The molecular weight excluding hydrogens is 294 g/mol. The summed E-state index contributed by atoms with van der Waals surface area (Å²) in [4.78, 5) is 23.9. The molecule has 3 nitrogen and oxygen atoms in total. The molecule has 1 saturated carbocycles. The molecule has 2 rings (SSSR count). The first-order chi connectivity index (χ1) is 8.68. The van der Waals surface area contributed by atoms with E-state index in [9.17, 15) is 9.59 Å². The van der Waals surface area contributed by atoms with Gasteiger partial charge < -0.3 is 5.32 Å². The number of hydrogen-bond acceptors (Lipinski definition) is 2. The van der Waals surface area contributed by atoms with Gasteiger partial charge in [0.05, 0.1) is 0 Å². The second-order valence-corrected chi connectivity index (χ2v) is 5.47. The molecule has 4 heteroatoms. The number of halogens is 1. The van der Waals surface area contributed by atoms with E-state index >= 15 is 0 Å². The summed E-state index contributed by atoms with van der Waals surface area (Å²) >= 11 is 3.29. The van der Waals surface area contributed by atoms with Gasteiger partial charge in [0.15, 0.2) is 0 Å². The largest absolute Gasteiger partial charge is 0.346 e. The van der Waals surface area contributed by atoms with Gasteiger partial charge in [0, 0.05) is 16.1 Å². The van der Waals surface area contributed by atoms with E-state index in [4.69, 9.17) is 0 Å². The van der Waals surface area contributed by atoms with Gasteiger partial charge >= 0.3 is 0 Å². The van der Waals surface area contributed by atoms with Crippen molar-refractivity contribution in [2.75, 3.05) is 0 Å². The summed E-state index contributed by atoms with van der Waals surface area (Å²) < 4.78 is 0.661. The van der Waals surface area contributed by atoms with E-state index in [0.29, 0.717) is 10.0 Å². The lowest BCUT2D eigenvalue weighted by Crippen LogP contribution is -2.40. The molecule has 1 fully saturated rings. The SMILES string of the molecule is O=C(NC1CCCCC1)C(=O)c1ccccc1Br. The third-order valence-corrected chi connectivity index (χ3v) is 3.96. The fourth-order valence-corrected chi connectivity index (χ4v) is 2.73. The first kappa shape index (κ1) is 13.3. The van der Waals surface area contributed by atoms with E-state index < -0.39 is 11.7 Å². The lowest BCUT2D eigenvalue weighted by Gasteiger charge is -2.22. The normalized spacial score (nSPS) is 16.3. The van der Waals surface area contributed by atoms with Crippen LogP contribution in [0.1, 0.15) is 42.5 Å². The Morgan fingerprint density at radius 3 is 2.44 bits per heavy atom. The van der Waals surface area contributed by atoms with E-state index in [-0.39, 0.29) is 6.04 Å². The van der Waals surface area contributed by atoms with Gasteiger partial charge in [-0.15, -0.1) is 0 Å². The van der Waals surface area contributed by atoms with Gasteiger partial charge in [-0.2, -0.15) is 0 Å². The number of carbonyl (C=O) groups is 2. The molecule has 0 spiro atoms. The predicted molar refractivity (Wildman–Crippen MR) is 73.5 cm³/mol. The molecule has 0 aliphatic heterocycles. The minimum atomic E-state index is -0.492. The van der Waals surface area contributed by atoms with Crippen LogP contribution >= 0.6 is 15.9 Å². The standard InChI is InChI=1S/C14H16BrNO2/c15-12-9-5-4-8-11(12)13(17)14(18)16-10-6-2-1-3-7-10/h4-5,8-10H,1-3,6-7H2,(H,16,18). The van der Waals surface area contributed by atoms with Crippen LogP contribution in [-0.2, 0) is 4.79 Å².